The van der Waals surface area contributed by atoms with Crippen molar-refractivity contribution in [3.8, 4) is 0 Å². The molecule has 0 unspecified atom stereocenters. The number of Topliss-reactive ketones (excluding diaryl/α,β-unsaturated/α-hetero) is 1. The third-order valence-electron chi connectivity index (χ3n) is 1.97. The summed E-state index contributed by atoms with van der Waals surface area (Å²) in [5.74, 6) is -0.988. The Bertz CT molecular complexity index is 207. The Labute approximate surface area is 82.0 Å². The Morgan fingerprint density at radius 2 is 1.79 bits per heavy atom. The minimum atomic E-state index is -0.938. The second-order valence-electron chi connectivity index (χ2n) is 3.14. The first-order valence-electron chi connectivity index (χ1n) is 4.65. The highest BCUT2D eigenvalue weighted by atomic mass is 16.7. The number of carboxylic acids is 1. The van der Waals surface area contributed by atoms with E-state index in [1.54, 1.807) is 0 Å². The number of hydrogen-bond donors (Lipinski definition) is 1. The summed E-state index contributed by atoms with van der Waals surface area (Å²) in [6.45, 7) is 1.15. The number of carbonyl (C=O) groups excluding carboxylic acids is 1. The Morgan fingerprint density at radius 3 is 2.36 bits per heavy atom. The molecule has 1 N–H and O–H groups in total. The molecule has 0 bridgehead atoms. The molecule has 80 valence electrons. The van der Waals surface area contributed by atoms with Crippen LogP contribution >= 0.6 is 0 Å². The van der Waals surface area contributed by atoms with Crippen LogP contribution in [-0.2, 0) is 19.1 Å². The molecule has 1 aliphatic heterocycles. The van der Waals surface area contributed by atoms with Crippen molar-refractivity contribution in [2.24, 2.45) is 0 Å². The van der Waals surface area contributed by atoms with Crippen LogP contribution in [0.15, 0.2) is 0 Å². The quantitative estimate of drug-likeness (QED) is 0.681. The standard InChI is InChI=1S/C9H14O5/c10-7(1-3-8(11)12)2-4-9-13-5-6-14-9/h9H,1-6H2,(H,11,12). The van der Waals surface area contributed by atoms with Crippen molar-refractivity contribution in [2.45, 2.75) is 32.0 Å². The average molecular weight is 202 g/mol. The van der Waals surface area contributed by atoms with Gasteiger partial charge in [-0.05, 0) is 0 Å². The van der Waals surface area contributed by atoms with Crippen LogP contribution in [0.4, 0.5) is 0 Å². The number of hydrogen-bond acceptors (Lipinski definition) is 4. The van der Waals surface area contributed by atoms with Gasteiger partial charge in [0, 0.05) is 19.3 Å². The molecule has 0 atom stereocenters. The van der Waals surface area contributed by atoms with Crippen LogP contribution < -0.4 is 0 Å². The van der Waals surface area contributed by atoms with Gasteiger partial charge in [-0.15, -0.1) is 0 Å². The summed E-state index contributed by atoms with van der Waals surface area (Å²) >= 11 is 0. The highest BCUT2D eigenvalue weighted by Gasteiger charge is 2.17. The SMILES string of the molecule is O=C(O)CCC(=O)CCC1OCCO1. The number of ketones is 1. The molecule has 0 aromatic carbocycles. The lowest BCUT2D eigenvalue weighted by atomic mass is 10.1. The number of ether oxygens (including phenoxy) is 2. The zero-order chi connectivity index (χ0) is 10.4. The summed E-state index contributed by atoms with van der Waals surface area (Å²) in [5.41, 5.74) is 0. The molecule has 1 aliphatic rings. The summed E-state index contributed by atoms with van der Waals surface area (Å²) in [4.78, 5) is 21.3. The lowest BCUT2D eigenvalue weighted by Gasteiger charge is -2.06. The highest BCUT2D eigenvalue weighted by Crippen LogP contribution is 2.11. The van der Waals surface area contributed by atoms with Gasteiger partial charge in [-0.25, -0.2) is 0 Å². The first-order valence-corrected chi connectivity index (χ1v) is 4.65. The van der Waals surface area contributed by atoms with E-state index in [-0.39, 0.29) is 24.9 Å². The van der Waals surface area contributed by atoms with Gasteiger partial charge in [-0.2, -0.15) is 0 Å². The lowest BCUT2D eigenvalue weighted by molar-refractivity contribution is -0.138. The van der Waals surface area contributed by atoms with Gasteiger partial charge in [-0.3, -0.25) is 9.59 Å². The van der Waals surface area contributed by atoms with Crippen molar-refractivity contribution in [1.29, 1.82) is 0 Å². The van der Waals surface area contributed by atoms with E-state index >= 15 is 0 Å². The van der Waals surface area contributed by atoms with Crippen molar-refractivity contribution in [2.75, 3.05) is 13.2 Å². The van der Waals surface area contributed by atoms with Crippen LogP contribution in [0.5, 0.6) is 0 Å². The van der Waals surface area contributed by atoms with Gasteiger partial charge in [0.1, 0.15) is 5.78 Å². The molecule has 1 saturated heterocycles. The van der Waals surface area contributed by atoms with Gasteiger partial charge in [0.2, 0.25) is 0 Å². The van der Waals surface area contributed by atoms with Gasteiger partial charge in [0.25, 0.3) is 0 Å². The maximum absolute atomic E-state index is 11.1. The number of carboxylic acid groups (broad SMARTS) is 1. The van der Waals surface area contributed by atoms with Crippen LogP contribution in [-0.4, -0.2) is 36.4 Å². The molecule has 0 amide bonds. The molecule has 0 saturated carbocycles. The van der Waals surface area contributed by atoms with E-state index in [1.807, 2.05) is 0 Å². The summed E-state index contributed by atoms with van der Waals surface area (Å²) in [6.07, 6.45) is 0.590. The Kier molecular flexibility index (Phi) is 4.55. The van der Waals surface area contributed by atoms with Crippen molar-refractivity contribution < 1.29 is 24.2 Å². The van der Waals surface area contributed by atoms with Crippen LogP contribution in [0.2, 0.25) is 0 Å². The maximum atomic E-state index is 11.1. The van der Waals surface area contributed by atoms with Gasteiger partial charge in [0.15, 0.2) is 6.29 Å². The van der Waals surface area contributed by atoms with E-state index in [9.17, 15) is 9.59 Å². The lowest BCUT2D eigenvalue weighted by Crippen LogP contribution is -2.11. The summed E-state index contributed by atoms with van der Waals surface area (Å²) in [5, 5.41) is 8.34. The molecular weight excluding hydrogens is 188 g/mol. The topological polar surface area (TPSA) is 72.8 Å². The maximum Gasteiger partial charge on any atom is 0.303 e. The smallest absolute Gasteiger partial charge is 0.303 e. The van der Waals surface area contributed by atoms with Crippen molar-refractivity contribution in [3.63, 3.8) is 0 Å². The third kappa shape index (κ3) is 4.34. The number of carbonyl (C=O) groups is 2. The van der Waals surface area contributed by atoms with Gasteiger partial charge in [0.05, 0.1) is 19.6 Å². The first kappa shape index (κ1) is 11.1. The fourth-order valence-electron chi connectivity index (χ4n) is 1.22. The van der Waals surface area contributed by atoms with E-state index in [2.05, 4.69) is 0 Å². The predicted octanol–water partition coefficient (Wildman–Crippen LogP) is 0.573. The Morgan fingerprint density at radius 1 is 1.14 bits per heavy atom. The van der Waals surface area contributed by atoms with Gasteiger partial charge in [-0.1, -0.05) is 0 Å². The molecule has 1 heterocycles. The largest absolute Gasteiger partial charge is 0.481 e. The molecular formula is C9H14O5. The summed E-state index contributed by atoms with van der Waals surface area (Å²) in [6, 6.07) is 0. The van der Waals surface area contributed by atoms with Crippen molar-refractivity contribution in [1.82, 2.24) is 0 Å². The molecule has 1 rings (SSSR count). The molecule has 0 radical (unpaired) electrons. The van der Waals surface area contributed by atoms with Crippen LogP contribution in [0.25, 0.3) is 0 Å². The highest BCUT2D eigenvalue weighted by molar-refractivity contribution is 5.82. The molecule has 1 fully saturated rings. The fourth-order valence-corrected chi connectivity index (χ4v) is 1.22. The summed E-state index contributed by atoms with van der Waals surface area (Å²) in [7, 11) is 0. The zero-order valence-electron chi connectivity index (χ0n) is 7.90. The van der Waals surface area contributed by atoms with Crippen LogP contribution in [0, 0.1) is 0 Å². The van der Waals surface area contributed by atoms with Crippen LogP contribution in [0.3, 0.4) is 0 Å². The van der Waals surface area contributed by atoms with E-state index < -0.39 is 5.97 Å². The molecule has 0 aromatic heterocycles. The van der Waals surface area contributed by atoms with Crippen molar-refractivity contribution in [3.05, 3.63) is 0 Å². The molecule has 0 aliphatic carbocycles. The third-order valence-corrected chi connectivity index (χ3v) is 1.97. The second kappa shape index (κ2) is 5.72. The minimum Gasteiger partial charge on any atom is -0.481 e. The van der Waals surface area contributed by atoms with E-state index in [0.717, 1.165) is 0 Å². The average Bonchev–Trinajstić information content (AvgIpc) is 2.63. The normalized spacial score (nSPS) is 17.1. The zero-order valence-corrected chi connectivity index (χ0v) is 7.90. The van der Waals surface area contributed by atoms with Gasteiger partial charge >= 0.3 is 5.97 Å². The second-order valence-corrected chi connectivity index (χ2v) is 3.14. The minimum absolute atomic E-state index is 0.0495. The molecule has 5 nitrogen and oxygen atoms in total. The van der Waals surface area contributed by atoms with Crippen LogP contribution in [0.1, 0.15) is 25.7 Å². The molecule has 5 heteroatoms. The molecule has 0 aromatic rings. The van der Waals surface area contributed by atoms with E-state index in [0.29, 0.717) is 26.1 Å². The van der Waals surface area contributed by atoms with E-state index in [4.69, 9.17) is 14.6 Å². The number of aliphatic carboxylic acids is 1. The molecule has 0 spiro atoms. The summed E-state index contributed by atoms with van der Waals surface area (Å²) < 4.78 is 10.3. The first-order chi connectivity index (χ1) is 6.68. The number of rotatable bonds is 6. The van der Waals surface area contributed by atoms with Gasteiger partial charge < -0.3 is 14.6 Å². The fraction of sp³-hybridized carbons (Fsp3) is 0.778. The molecule has 14 heavy (non-hydrogen) atoms. The predicted molar refractivity (Wildman–Crippen MR) is 46.8 cm³/mol. The van der Waals surface area contributed by atoms with Crippen molar-refractivity contribution >= 4 is 11.8 Å². The van der Waals surface area contributed by atoms with E-state index in [1.165, 1.54) is 0 Å². The monoisotopic (exact) mass is 202 g/mol. The Balaban J connectivity index is 2.05. The Hall–Kier alpha value is -0.940.